The molecule has 0 atom stereocenters. The average Bonchev–Trinajstić information content (AvgIpc) is 2.83. The lowest BCUT2D eigenvalue weighted by atomic mass is 9.97. The minimum Gasteiger partial charge on any atom is -0.495 e. The number of fused-ring (bicyclic) bond motifs is 1. The Labute approximate surface area is 188 Å². The molecule has 3 aromatic rings. The van der Waals surface area contributed by atoms with Gasteiger partial charge < -0.3 is 15.0 Å². The Bertz CT molecular complexity index is 1200. The number of anilines is 1. The molecule has 7 nitrogen and oxygen atoms in total. The van der Waals surface area contributed by atoms with Gasteiger partial charge in [0, 0.05) is 19.6 Å². The molecule has 0 saturated carbocycles. The van der Waals surface area contributed by atoms with Gasteiger partial charge in [-0.05, 0) is 53.8 Å². The van der Waals surface area contributed by atoms with Crippen LogP contribution in [0.2, 0.25) is 0 Å². The van der Waals surface area contributed by atoms with E-state index >= 15 is 0 Å². The molecule has 1 fully saturated rings. The van der Waals surface area contributed by atoms with Crippen LogP contribution in [0.5, 0.6) is 5.75 Å². The number of para-hydroxylation sites is 2. The van der Waals surface area contributed by atoms with Crippen molar-refractivity contribution in [3.8, 4) is 5.75 Å². The van der Waals surface area contributed by atoms with Crippen molar-refractivity contribution in [2.24, 2.45) is 5.92 Å². The number of ether oxygens (including phenoxy) is 1. The molecule has 0 aromatic heterocycles. The highest BCUT2D eigenvalue weighted by Crippen LogP contribution is 2.25. The quantitative estimate of drug-likeness (QED) is 0.589. The molecule has 2 amide bonds. The Kier molecular flexibility index (Phi) is 6.62. The van der Waals surface area contributed by atoms with Crippen molar-refractivity contribution in [1.82, 2.24) is 9.62 Å². The van der Waals surface area contributed by atoms with Crippen molar-refractivity contribution >= 4 is 32.5 Å². The minimum atomic E-state index is -3.59. The van der Waals surface area contributed by atoms with Crippen LogP contribution in [0.4, 0.5) is 10.5 Å². The van der Waals surface area contributed by atoms with Gasteiger partial charge in [0.2, 0.25) is 10.0 Å². The van der Waals surface area contributed by atoms with Crippen LogP contribution in [0.3, 0.4) is 0 Å². The van der Waals surface area contributed by atoms with Crippen LogP contribution < -0.4 is 14.8 Å². The summed E-state index contributed by atoms with van der Waals surface area (Å²) >= 11 is 0. The van der Waals surface area contributed by atoms with Gasteiger partial charge in [-0.25, -0.2) is 17.9 Å². The van der Waals surface area contributed by atoms with Crippen molar-refractivity contribution in [3.63, 3.8) is 0 Å². The molecular formula is C24H27N3O4S. The largest absolute Gasteiger partial charge is 0.495 e. The Balaban J connectivity index is 1.30. The number of nitrogens with one attached hydrogen (secondary N) is 2. The number of carbonyl (C=O) groups is 1. The van der Waals surface area contributed by atoms with E-state index in [-0.39, 0.29) is 16.8 Å². The molecule has 8 heteroatoms. The lowest BCUT2D eigenvalue weighted by Gasteiger charge is -2.32. The molecule has 0 aliphatic carbocycles. The van der Waals surface area contributed by atoms with Gasteiger partial charge in [-0.1, -0.05) is 42.5 Å². The van der Waals surface area contributed by atoms with Gasteiger partial charge in [-0.2, -0.15) is 0 Å². The van der Waals surface area contributed by atoms with E-state index in [1.165, 1.54) is 0 Å². The summed E-state index contributed by atoms with van der Waals surface area (Å²) in [6.07, 6.45) is 1.47. The van der Waals surface area contributed by atoms with E-state index in [1.54, 1.807) is 36.3 Å². The zero-order valence-corrected chi connectivity index (χ0v) is 18.8. The van der Waals surface area contributed by atoms with E-state index in [1.807, 2.05) is 42.5 Å². The topological polar surface area (TPSA) is 87.7 Å². The number of nitrogens with zero attached hydrogens (tertiary/aromatic N) is 1. The van der Waals surface area contributed by atoms with Gasteiger partial charge in [0.15, 0.2) is 0 Å². The first-order valence-corrected chi connectivity index (χ1v) is 12.1. The maximum atomic E-state index is 12.8. The van der Waals surface area contributed by atoms with Gasteiger partial charge in [-0.15, -0.1) is 0 Å². The zero-order valence-electron chi connectivity index (χ0n) is 18.0. The number of hydrogen-bond acceptors (Lipinski definition) is 4. The Morgan fingerprint density at radius 3 is 2.44 bits per heavy atom. The highest BCUT2D eigenvalue weighted by Gasteiger charge is 2.25. The number of carbonyl (C=O) groups excluding carboxylic acids is 1. The second kappa shape index (κ2) is 9.58. The molecule has 0 unspecified atom stereocenters. The van der Waals surface area contributed by atoms with Crippen LogP contribution in [0.1, 0.15) is 12.8 Å². The van der Waals surface area contributed by atoms with Gasteiger partial charge in [-0.3, -0.25) is 0 Å². The standard InChI is InChI=1S/C24H27N3O4S/c1-31-23-9-5-4-8-22(23)26-24(28)27-14-12-18(13-15-27)17-25-32(29,30)21-11-10-19-6-2-3-7-20(19)16-21/h2-11,16,18,25H,12-15,17H2,1H3,(H,26,28). The summed E-state index contributed by atoms with van der Waals surface area (Å²) in [6, 6.07) is 19.9. The highest BCUT2D eigenvalue weighted by molar-refractivity contribution is 7.89. The number of urea groups is 1. The Hall–Kier alpha value is -3.10. The average molecular weight is 454 g/mol. The third-order valence-corrected chi connectivity index (χ3v) is 7.26. The molecule has 2 N–H and O–H groups in total. The van der Waals surface area contributed by atoms with Crippen LogP contribution in [0, 0.1) is 5.92 Å². The first-order valence-electron chi connectivity index (χ1n) is 10.6. The van der Waals surface area contributed by atoms with Gasteiger partial charge >= 0.3 is 6.03 Å². The van der Waals surface area contributed by atoms with Crippen molar-refractivity contribution in [2.45, 2.75) is 17.7 Å². The Morgan fingerprint density at radius 1 is 1.00 bits per heavy atom. The predicted molar refractivity (Wildman–Crippen MR) is 125 cm³/mol. The van der Waals surface area contributed by atoms with Gasteiger partial charge in [0.25, 0.3) is 0 Å². The number of hydrogen-bond donors (Lipinski definition) is 2. The fourth-order valence-electron chi connectivity index (χ4n) is 3.93. The smallest absolute Gasteiger partial charge is 0.321 e. The van der Waals surface area contributed by atoms with Crippen LogP contribution in [0.15, 0.2) is 71.6 Å². The number of piperidine rings is 1. The van der Waals surface area contributed by atoms with Crippen molar-refractivity contribution in [2.75, 3.05) is 32.1 Å². The lowest BCUT2D eigenvalue weighted by Crippen LogP contribution is -2.43. The molecule has 0 spiro atoms. The van der Waals surface area contributed by atoms with Crippen molar-refractivity contribution in [1.29, 1.82) is 0 Å². The second-order valence-electron chi connectivity index (χ2n) is 7.92. The molecule has 168 valence electrons. The van der Waals surface area contributed by atoms with E-state index < -0.39 is 10.0 Å². The number of sulfonamides is 1. The van der Waals surface area contributed by atoms with E-state index in [0.29, 0.717) is 31.1 Å². The van der Waals surface area contributed by atoms with E-state index in [0.717, 1.165) is 23.6 Å². The zero-order chi connectivity index (χ0) is 22.6. The predicted octanol–water partition coefficient (Wildman–Crippen LogP) is 4.07. The van der Waals surface area contributed by atoms with Crippen LogP contribution in [-0.2, 0) is 10.0 Å². The minimum absolute atomic E-state index is 0.176. The second-order valence-corrected chi connectivity index (χ2v) is 9.69. The SMILES string of the molecule is COc1ccccc1NC(=O)N1CCC(CNS(=O)(=O)c2ccc3ccccc3c2)CC1. The molecule has 1 heterocycles. The fraction of sp³-hybridized carbons (Fsp3) is 0.292. The molecule has 32 heavy (non-hydrogen) atoms. The Morgan fingerprint density at radius 2 is 1.69 bits per heavy atom. The number of likely N-dealkylation sites (tertiary alicyclic amines) is 1. The maximum absolute atomic E-state index is 12.8. The van der Waals surface area contributed by atoms with Gasteiger partial charge in [0.1, 0.15) is 5.75 Å². The summed E-state index contributed by atoms with van der Waals surface area (Å²) in [4.78, 5) is 14.6. The van der Waals surface area contributed by atoms with Crippen LogP contribution in [0.25, 0.3) is 10.8 Å². The summed E-state index contributed by atoms with van der Waals surface area (Å²) in [5, 5.41) is 4.79. The summed E-state index contributed by atoms with van der Waals surface area (Å²) < 4.78 is 33.5. The monoisotopic (exact) mass is 453 g/mol. The molecule has 0 radical (unpaired) electrons. The summed E-state index contributed by atoms with van der Waals surface area (Å²) in [6.45, 7) is 1.50. The first kappa shape index (κ1) is 22.1. The van der Waals surface area contributed by atoms with Crippen molar-refractivity contribution < 1.29 is 17.9 Å². The van der Waals surface area contributed by atoms with Gasteiger partial charge in [0.05, 0.1) is 17.7 Å². The van der Waals surface area contributed by atoms with Crippen LogP contribution in [-0.4, -0.2) is 46.1 Å². The molecular weight excluding hydrogens is 426 g/mol. The third-order valence-electron chi connectivity index (χ3n) is 5.84. The number of benzene rings is 3. The summed E-state index contributed by atoms with van der Waals surface area (Å²) in [7, 11) is -2.02. The number of rotatable bonds is 6. The van der Waals surface area contributed by atoms with Crippen LogP contribution >= 0.6 is 0 Å². The maximum Gasteiger partial charge on any atom is 0.321 e. The molecule has 3 aromatic carbocycles. The molecule has 1 saturated heterocycles. The molecule has 1 aliphatic rings. The highest BCUT2D eigenvalue weighted by atomic mass is 32.2. The number of methoxy groups -OCH3 is 1. The molecule has 0 bridgehead atoms. The molecule has 4 rings (SSSR count). The van der Waals surface area contributed by atoms with Crippen molar-refractivity contribution in [3.05, 3.63) is 66.7 Å². The summed E-state index contributed by atoms with van der Waals surface area (Å²) in [5.41, 5.74) is 0.630. The summed E-state index contributed by atoms with van der Waals surface area (Å²) in [5.74, 6) is 0.791. The first-order chi connectivity index (χ1) is 15.5. The molecule has 1 aliphatic heterocycles. The number of amides is 2. The van der Waals surface area contributed by atoms with E-state index in [9.17, 15) is 13.2 Å². The normalized spacial score (nSPS) is 15.0. The fourth-order valence-corrected chi connectivity index (χ4v) is 5.08. The lowest BCUT2D eigenvalue weighted by molar-refractivity contribution is 0.183. The third kappa shape index (κ3) is 5.03. The van der Waals surface area contributed by atoms with E-state index in [2.05, 4.69) is 10.0 Å². The van der Waals surface area contributed by atoms with E-state index in [4.69, 9.17) is 4.74 Å².